The van der Waals surface area contributed by atoms with Gasteiger partial charge in [-0.3, -0.25) is 4.79 Å². The second-order valence-electron chi connectivity index (χ2n) is 8.33. The summed E-state index contributed by atoms with van der Waals surface area (Å²) in [7, 11) is 0. The molecule has 3 aromatic rings. The van der Waals surface area contributed by atoms with E-state index in [1.165, 1.54) is 5.56 Å². The van der Waals surface area contributed by atoms with Gasteiger partial charge >= 0.3 is 0 Å². The fourth-order valence-electron chi connectivity index (χ4n) is 4.63. The van der Waals surface area contributed by atoms with Crippen LogP contribution in [0.15, 0.2) is 48.9 Å². The van der Waals surface area contributed by atoms with Crippen LogP contribution in [0.25, 0.3) is 11.2 Å². The Morgan fingerprint density at radius 2 is 1.79 bits per heavy atom. The quantitative estimate of drug-likeness (QED) is 0.687. The molecule has 2 aliphatic heterocycles. The third-order valence-corrected chi connectivity index (χ3v) is 6.56. The van der Waals surface area contributed by atoms with Crippen LogP contribution in [0.1, 0.15) is 41.6 Å². The Morgan fingerprint density at radius 1 is 1.03 bits per heavy atom. The average Bonchev–Trinajstić information content (AvgIpc) is 3.17. The van der Waals surface area contributed by atoms with E-state index in [4.69, 9.17) is 4.74 Å². The van der Waals surface area contributed by atoms with Crippen molar-refractivity contribution in [3.8, 4) is 0 Å². The van der Waals surface area contributed by atoms with E-state index in [-0.39, 0.29) is 5.91 Å². The molecule has 2 saturated heterocycles. The van der Waals surface area contributed by atoms with Gasteiger partial charge in [-0.15, -0.1) is 0 Å². The number of carbonyl (C=O) groups is 1. The molecule has 2 aliphatic rings. The first-order valence-electron chi connectivity index (χ1n) is 10.4. The van der Waals surface area contributed by atoms with Crippen molar-refractivity contribution < 1.29 is 9.53 Å². The molecule has 0 saturated carbocycles. The van der Waals surface area contributed by atoms with Crippen molar-refractivity contribution in [1.82, 2.24) is 19.4 Å². The number of pyridine rings is 1. The highest BCUT2D eigenvalue weighted by atomic mass is 16.5. The van der Waals surface area contributed by atoms with Gasteiger partial charge in [0.2, 0.25) is 0 Å². The number of imidazole rings is 1. The number of hydrogen-bond donors (Lipinski definition) is 0. The van der Waals surface area contributed by atoms with E-state index in [9.17, 15) is 4.79 Å². The van der Waals surface area contributed by atoms with Gasteiger partial charge in [-0.2, -0.15) is 0 Å². The number of likely N-dealkylation sites (tertiary alicyclic amines) is 1. The molecule has 4 heterocycles. The summed E-state index contributed by atoms with van der Waals surface area (Å²) >= 11 is 0. The maximum absolute atomic E-state index is 13.0. The van der Waals surface area contributed by atoms with Crippen LogP contribution < -0.4 is 0 Å². The smallest absolute Gasteiger partial charge is 0.255 e. The summed E-state index contributed by atoms with van der Waals surface area (Å²) in [6.45, 7) is 4.08. The highest BCUT2D eigenvalue weighted by Gasteiger charge is 2.37. The molecule has 5 rings (SSSR count). The second-order valence-corrected chi connectivity index (χ2v) is 8.33. The Bertz CT molecular complexity index is 998. The highest BCUT2D eigenvalue weighted by molar-refractivity contribution is 5.96. The number of aromatic nitrogens is 3. The van der Waals surface area contributed by atoms with Gasteiger partial charge in [0, 0.05) is 32.5 Å². The predicted molar refractivity (Wildman–Crippen MR) is 111 cm³/mol. The van der Waals surface area contributed by atoms with Gasteiger partial charge in [0.25, 0.3) is 5.91 Å². The lowest BCUT2D eigenvalue weighted by Gasteiger charge is -2.44. The zero-order valence-corrected chi connectivity index (χ0v) is 16.6. The van der Waals surface area contributed by atoms with Crippen LogP contribution >= 0.6 is 0 Å². The van der Waals surface area contributed by atoms with Gasteiger partial charge in [0.05, 0.1) is 18.4 Å². The van der Waals surface area contributed by atoms with E-state index in [0.717, 1.165) is 69.7 Å². The summed E-state index contributed by atoms with van der Waals surface area (Å²) in [5.74, 6) is 0.0684. The number of fused-ring (bicyclic) bond motifs is 1. The molecule has 6 heteroatoms. The van der Waals surface area contributed by atoms with Crippen LogP contribution in [0.4, 0.5) is 0 Å². The third-order valence-electron chi connectivity index (χ3n) is 6.56. The first kappa shape index (κ1) is 18.3. The van der Waals surface area contributed by atoms with E-state index in [2.05, 4.69) is 22.1 Å². The van der Waals surface area contributed by atoms with E-state index in [1.807, 2.05) is 33.7 Å². The number of hydrogen-bond acceptors (Lipinski definition) is 4. The lowest BCUT2D eigenvalue weighted by atomic mass is 9.72. The monoisotopic (exact) mass is 390 g/mol. The van der Waals surface area contributed by atoms with Crippen molar-refractivity contribution in [1.29, 1.82) is 0 Å². The summed E-state index contributed by atoms with van der Waals surface area (Å²) in [6, 6.07) is 12.1. The molecule has 0 bridgehead atoms. The van der Waals surface area contributed by atoms with Gasteiger partial charge in [-0.1, -0.05) is 30.3 Å². The summed E-state index contributed by atoms with van der Waals surface area (Å²) < 4.78 is 7.55. The molecule has 0 aliphatic carbocycles. The first-order chi connectivity index (χ1) is 14.2. The molecule has 0 atom stereocenters. The minimum absolute atomic E-state index is 0.0684. The standard InChI is InChI=1S/C23H26N4O2/c28-22(26-10-6-23(7-11-26)8-12-29-13-9-23)19-14-20-21(24-15-19)27(17-25-20)16-18-4-2-1-3-5-18/h1-5,14-15,17H,6-13,16H2. The van der Waals surface area contributed by atoms with Crippen molar-refractivity contribution in [2.45, 2.75) is 32.2 Å². The van der Waals surface area contributed by atoms with Crippen molar-refractivity contribution in [2.24, 2.45) is 5.41 Å². The maximum atomic E-state index is 13.0. The summed E-state index contributed by atoms with van der Waals surface area (Å²) in [5.41, 5.74) is 3.79. The summed E-state index contributed by atoms with van der Waals surface area (Å²) in [6.07, 6.45) is 7.90. The largest absolute Gasteiger partial charge is 0.381 e. The number of rotatable bonds is 3. The predicted octanol–water partition coefficient (Wildman–Crippen LogP) is 3.51. The van der Waals surface area contributed by atoms with E-state index >= 15 is 0 Å². The fraction of sp³-hybridized carbons (Fsp3) is 0.435. The molecular formula is C23H26N4O2. The Balaban J connectivity index is 1.30. The van der Waals surface area contributed by atoms with Crippen molar-refractivity contribution in [3.63, 3.8) is 0 Å². The molecule has 0 radical (unpaired) electrons. The Hall–Kier alpha value is -2.73. The van der Waals surface area contributed by atoms with Gasteiger partial charge in [-0.05, 0) is 42.7 Å². The minimum Gasteiger partial charge on any atom is -0.381 e. The van der Waals surface area contributed by atoms with Crippen LogP contribution in [-0.4, -0.2) is 51.6 Å². The van der Waals surface area contributed by atoms with Crippen LogP contribution in [0.3, 0.4) is 0 Å². The fourth-order valence-corrected chi connectivity index (χ4v) is 4.63. The zero-order valence-electron chi connectivity index (χ0n) is 16.6. The SMILES string of the molecule is O=C(c1cnc2c(c1)ncn2Cc1ccccc1)N1CCC2(CCOCC2)CC1. The average molecular weight is 390 g/mol. The van der Waals surface area contributed by atoms with Gasteiger partial charge < -0.3 is 14.2 Å². The number of ether oxygens (including phenoxy) is 1. The molecule has 1 amide bonds. The molecule has 1 spiro atoms. The number of amides is 1. The summed E-state index contributed by atoms with van der Waals surface area (Å²) in [4.78, 5) is 24.1. The van der Waals surface area contributed by atoms with E-state index < -0.39 is 0 Å². The topological polar surface area (TPSA) is 60.2 Å². The second kappa shape index (κ2) is 7.59. The van der Waals surface area contributed by atoms with Gasteiger partial charge in [-0.25, -0.2) is 9.97 Å². The summed E-state index contributed by atoms with van der Waals surface area (Å²) in [5, 5.41) is 0. The lowest BCUT2D eigenvalue weighted by Crippen LogP contribution is -2.45. The maximum Gasteiger partial charge on any atom is 0.255 e. The Labute approximate surface area is 170 Å². The minimum atomic E-state index is 0.0684. The van der Waals surface area contributed by atoms with E-state index in [1.54, 1.807) is 12.5 Å². The number of benzene rings is 1. The van der Waals surface area contributed by atoms with Gasteiger partial charge in [0.1, 0.15) is 5.52 Å². The molecule has 0 unspecified atom stereocenters. The van der Waals surface area contributed by atoms with Crippen LogP contribution in [0, 0.1) is 5.41 Å². The molecule has 0 N–H and O–H groups in total. The third kappa shape index (κ3) is 3.65. The molecule has 29 heavy (non-hydrogen) atoms. The lowest BCUT2D eigenvalue weighted by molar-refractivity contribution is -0.0175. The number of nitrogens with zero attached hydrogens (tertiary/aromatic N) is 4. The first-order valence-corrected chi connectivity index (χ1v) is 10.4. The molecule has 150 valence electrons. The normalized spacial score (nSPS) is 19.0. The van der Waals surface area contributed by atoms with Gasteiger partial charge in [0.15, 0.2) is 5.65 Å². The van der Waals surface area contributed by atoms with Crippen molar-refractivity contribution >= 4 is 17.1 Å². The van der Waals surface area contributed by atoms with Crippen molar-refractivity contribution in [2.75, 3.05) is 26.3 Å². The molecular weight excluding hydrogens is 364 g/mol. The molecule has 2 fully saturated rings. The zero-order chi connectivity index (χ0) is 19.7. The molecule has 1 aromatic carbocycles. The highest BCUT2D eigenvalue weighted by Crippen LogP contribution is 2.40. The van der Waals surface area contributed by atoms with Crippen LogP contribution in [-0.2, 0) is 11.3 Å². The van der Waals surface area contributed by atoms with Crippen LogP contribution in [0.2, 0.25) is 0 Å². The number of piperidine rings is 1. The van der Waals surface area contributed by atoms with Crippen molar-refractivity contribution in [3.05, 3.63) is 60.0 Å². The Morgan fingerprint density at radius 3 is 2.55 bits per heavy atom. The van der Waals surface area contributed by atoms with Crippen LogP contribution in [0.5, 0.6) is 0 Å². The van der Waals surface area contributed by atoms with E-state index in [0.29, 0.717) is 11.0 Å². The molecule has 6 nitrogen and oxygen atoms in total. The number of carbonyl (C=O) groups excluding carboxylic acids is 1. The molecule has 2 aromatic heterocycles. The Kier molecular flexibility index (Phi) is 4.79.